The Morgan fingerprint density at radius 3 is 2.65 bits per heavy atom. The van der Waals surface area contributed by atoms with E-state index in [4.69, 9.17) is 23.2 Å². The number of aliphatic imine (C=N–C) groups is 1. The lowest BCUT2D eigenvalue weighted by molar-refractivity contribution is 0.692. The van der Waals surface area contributed by atoms with E-state index in [1.807, 2.05) is 17.7 Å². The van der Waals surface area contributed by atoms with Crippen molar-refractivity contribution in [2.75, 3.05) is 13.6 Å². The van der Waals surface area contributed by atoms with Crippen LogP contribution < -0.4 is 10.6 Å². The van der Waals surface area contributed by atoms with Crippen LogP contribution in [-0.2, 0) is 13.6 Å². The first-order chi connectivity index (χ1) is 10.5. The number of rotatable bonds is 5. The van der Waals surface area contributed by atoms with Gasteiger partial charge in [0.15, 0.2) is 5.96 Å². The summed E-state index contributed by atoms with van der Waals surface area (Å²) in [7, 11) is 3.65. The number of nitrogens with one attached hydrogen (secondary N) is 2. The Bertz CT molecular complexity index is 640. The van der Waals surface area contributed by atoms with Gasteiger partial charge in [-0.2, -0.15) is 11.3 Å². The van der Waals surface area contributed by atoms with Crippen LogP contribution in [0.4, 0.5) is 0 Å². The van der Waals surface area contributed by atoms with Gasteiger partial charge in [0.25, 0.3) is 0 Å². The molecule has 0 bridgehead atoms. The SMILES string of the molecule is CN=C(NCc1cc(Cl)c(Cl)n1C)NCC(C)c1ccsc1.I. The minimum Gasteiger partial charge on any atom is -0.356 e. The summed E-state index contributed by atoms with van der Waals surface area (Å²) in [5, 5.41) is 12.0. The van der Waals surface area contributed by atoms with Crippen LogP contribution in [-0.4, -0.2) is 24.1 Å². The van der Waals surface area contributed by atoms with Crippen LogP contribution in [0.1, 0.15) is 24.1 Å². The minimum absolute atomic E-state index is 0. The zero-order chi connectivity index (χ0) is 16.1. The summed E-state index contributed by atoms with van der Waals surface area (Å²) in [6.45, 7) is 3.62. The zero-order valence-corrected chi connectivity index (χ0v) is 17.9. The van der Waals surface area contributed by atoms with Crippen LogP contribution in [0.2, 0.25) is 10.2 Å². The zero-order valence-electron chi connectivity index (χ0n) is 13.3. The number of halogens is 3. The number of nitrogens with zero attached hydrogens (tertiary/aromatic N) is 2. The Kier molecular flexibility index (Phi) is 8.74. The molecule has 1 atom stereocenters. The molecule has 0 amide bonds. The Balaban J connectivity index is 0.00000264. The predicted molar refractivity (Wildman–Crippen MR) is 112 cm³/mol. The molecule has 0 saturated carbocycles. The third-order valence-electron chi connectivity index (χ3n) is 3.56. The summed E-state index contributed by atoms with van der Waals surface area (Å²) in [4.78, 5) is 4.24. The topological polar surface area (TPSA) is 41.4 Å². The number of hydrogen-bond acceptors (Lipinski definition) is 2. The molecule has 8 heteroatoms. The molecule has 0 fully saturated rings. The molecule has 0 radical (unpaired) electrons. The molecular weight excluding hydrogens is 466 g/mol. The van der Waals surface area contributed by atoms with Crippen molar-refractivity contribution in [1.82, 2.24) is 15.2 Å². The lowest BCUT2D eigenvalue weighted by Crippen LogP contribution is -2.38. The van der Waals surface area contributed by atoms with Gasteiger partial charge in [-0.1, -0.05) is 30.1 Å². The summed E-state index contributed by atoms with van der Waals surface area (Å²) in [5.74, 6) is 1.19. The molecule has 0 aliphatic heterocycles. The summed E-state index contributed by atoms with van der Waals surface area (Å²) in [6.07, 6.45) is 0. The highest BCUT2D eigenvalue weighted by atomic mass is 127. The van der Waals surface area contributed by atoms with Crippen molar-refractivity contribution in [3.05, 3.63) is 44.3 Å². The van der Waals surface area contributed by atoms with Crippen molar-refractivity contribution in [3.63, 3.8) is 0 Å². The third-order valence-corrected chi connectivity index (χ3v) is 5.11. The Morgan fingerprint density at radius 1 is 1.39 bits per heavy atom. The van der Waals surface area contributed by atoms with Crippen LogP contribution >= 0.6 is 58.5 Å². The van der Waals surface area contributed by atoms with E-state index in [9.17, 15) is 0 Å². The first-order valence-electron chi connectivity index (χ1n) is 6.99. The molecule has 23 heavy (non-hydrogen) atoms. The predicted octanol–water partition coefficient (Wildman–Crippen LogP) is 4.48. The van der Waals surface area contributed by atoms with E-state index in [0.717, 1.165) is 18.2 Å². The summed E-state index contributed by atoms with van der Waals surface area (Å²) < 4.78 is 1.86. The van der Waals surface area contributed by atoms with Crippen molar-refractivity contribution in [2.45, 2.75) is 19.4 Å². The fraction of sp³-hybridized carbons (Fsp3) is 0.400. The van der Waals surface area contributed by atoms with E-state index in [1.165, 1.54) is 5.56 Å². The fourth-order valence-corrected chi connectivity index (χ4v) is 3.27. The highest BCUT2D eigenvalue weighted by Crippen LogP contribution is 2.24. The lowest BCUT2D eigenvalue weighted by Gasteiger charge is -2.15. The van der Waals surface area contributed by atoms with Crippen molar-refractivity contribution in [2.24, 2.45) is 12.0 Å². The molecule has 0 aromatic carbocycles. The third kappa shape index (κ3) is 5.55. The second-order valence-corrected chi connectivity index (χ2v) is 6.64. The van der Waals surface area contributed by atoms with Gasteiger partial charge < -0.3 is 15.2 Å². The molecule has 128 valence electrons. The molecular formula is C15H21Cl2IN4S. The second kappa shape index (κ2) is 9.76. The van der Waals surface area contributed by atoms with Crippen molar-refractivity contribution < 1.29 is 0 Å². The van der Waals surface area contributed by atoms with E-state index in [0.29, 0.717) is 22.6 Å². The highest BCUT2D eigenvalue weighted by Gasteiger charge is 2.10. The first-order valence-corrected chi connectivity index (χ1v) is 8.69. The normalized spacial score (nSPS) is 12.7. The Labute approximate surface area is 168 Å². The number of thiophene rings is 1. The fourth-order valence-electron chi connectivity index (χ4n) is 2.08. The molecule has 2 rings (SSSR count). The van der Waals surface area contributed by atoms with E-state index < -0.39 is 0 Å². The Hall–Kier alpha value is -0.440. The van der Waals surface area contributed by atoms with Crippen LogP contribution in [0.25, 0.3) is 0 Å². The average Bonchev–Trinajstić information content (AvgIpc) is 3.13. The number of hydrogen-bond donors (Lipinski definition) is 2. The molecule has 2 N–H and O–H groups in total. The summed E-state index contributed by atoms with van der Waals surface area (Å²) >= 11 is 13.8. The minimum atomic E-state index is 0. The molecule has 1 unspecified atom stereocenters. The van der Waals surface area contributed by atoms with Gasteiger partial charge in [0.05, 0.1) is 11.6 Å². The van der Waals surface area contributed by atoms with Crippen LogP contribution in [0.3, 0.4) is 0 Å². The maximum atomic E-state index is 6.07. The standard InChI is InChI=1S/C15H20Cl2N4S.HI/c1-10(11-4-5-22-9-11)7-19-15(18-2)20-8-12-6-13(16)14(17)21(12)3;/h4-6,9-10H,7-8H2,1-3H3,(H2,18,19,20);1H. The van der Waals surface area contributed by atoms with E-state index >= 15 is 0 Å². The van der Waals surface area contributed by atoms with Gasteiger partial charge >= 0.3 is 0 Å². The largest absolute Gasteiger partial charge is 0.356 e. The van der Waals surface area contributed by atoms with Crippen LogP contribution in [0.15, 0.2) is 27.9 Å². The molecule has 0 aliphatic carbocycles. The second-order valence-electron chi connectivity index (χ2n) is 5.10. The van der Waals surface area contributed by atoms with E-state index in [1.54, 1.807) is 18.4 Å². The first kappa shape index (κ1) is 20.6. The maximum Gasteiger partial charge on any atom is 0.191 e. The monoisotopic (exact) mass is 486 g/mol. The summed E-state index contributed by atoms with van der Waals surface area (Å²) in [5.41, 5.74) is 2.35. The highest BCUT2D eigenvalue weighted by molar-refractivity contribution is 14.0. The van der Waals surface area contributed by atoms with Gasteiger partial charge in [-0.05, 0) is 34.4 Å². The van der Waals surface area contributed by atoms with Gasteiger partial charge in [-0.3, -0.25) is 4.99 Å². The van der Waals surface area contributed by atoms with E-state index in [2.05, 4.69) is 39.4 Å². The van der Waals surface area contributed by atoms with Gasteiger partial charge in [0.1, 0.15) is 5.15 Å². The van der Waals surface area contributed by atoms with Gasteiger partial charge in [-0.25, -0.2) is 0 Å². The van der Waals surface area contributed by atoms with Crippen LogP contribution in [0, 0.1) is 0 Å². The van der Waals surface area contributed by atoms with Crippen molar-refractivity contribution in [1.29, 1.82) is 0 Å². The maximum absolute atomic E-state index is 6.07. The van der Waals surface area contributed by atoms with Gasteiger partial charge in [0, 0.05) is 26.3 Å². The molecule has 2 aromatic heterocycles. The number of guanidine groups is 1. The quantitative estimate of drug-likeness (QED) is 0.371. The van der Waals surface area contributed by atoms with Crippen LogP contribution in [0.5, 0.6) is 0 Å². The molecule has 0 aliphatic rings. The van der Waals surface area contributed by atoms with Gasteiger partial charge in [0.2, 0.25) is 0 Å². The average molecular weight is 487 g/mol. The van der Waals surface area contributed by atoms with E-state index in [-0.39, 0.29) is 24.0 Å². The Morgan fingerprint density at radius 2 is 2.13 bits per heavy atom. The summed E-state index contributed by atoms with van der Waals surface area (Å²) in [6, 6.07) is 4.01. The van der Waals surface area contributed by atoms with Crippen molar-refractivity contribution >= 4 is 64.5 Å². The molecule has 2 heterocycles. The van der Waals surface area contributed by atoms with Gasteiger partial charge in [-0.15, -0.1) is 24.0 Å². The lowest BCUT2D eigenvalue weighted by atomic mass is 10.1. The molecule has 0 saturated heterocycles. The van der Waals surface area contributed by atoms with Crippen molar-refractivity contribution in [3.8, 4) is 0 Å². The molecule has 0 spiro atoms. The smallest absolute Gasteiger partial charge is 0.191 e. The number of aromatic nitrogens is 1. The molecule has 4 nitrogen and oxygen atoms in total. The molecule has 2 aromatic rings.